The van der Waals surface area contributed by atoms with Gasteiger partial charge >= 0.3 is 5.97 Å². The number of nitrogens with zero attached hydrogens (tertiary/aromatic N) is 3. The average molecular weight is 292 g/mol. The smallest absolute Gasteiger partial charge is 0.313 e. The Bertz CT molecular complexity index is 592. The van der Waals surface area contributed by atoms with Crippen molar-refractivity contribution in [1.82, 2.24) is 9.97 Å². The van der Waals surface area contributed by atoms with E-state index < -0.39 is 5.41 Å². The van der Waals surface area contributed by atoms with Gasteiger partial charge in [0.1, 0.15) is 5.82 Å². The van der Waals surface area contributed by atoms with Crippen LogP contribution in [0.3, 0.4) is 0 Å². The highest BCUT2D eigenvalue weighted by atomic mass is 16.5. The minimum absolute atomic E-state index is 0.152. The van der Waals surface area contributed by atoms with E-state index in [1.165, 1.54) is 7.11 Å². The number of nitrogens with two attached hydrogens (primary N) is 1. The molecule has 21 heavy (non-hydrogen) atoms. The van der Waals surface area contributed by atoms with Crippen molar-refractivity contribution in [3.63, 3.8) is 0 Å². The number of fused-ring (bicyclic) bond motifs is 1. The number of hydrogen-bond acceptors (Lipinski definition) is 7. The lowest BCUT2D eigenvalue weighted by Crippen LogP contribution is -2.36. The molecule has 2 atom stereocenters. The Labute approximate surface area is 123 Å². The molecule has 0 spiro atoms. The first-order valence-corrected chi connectivity index (χ1v) is 7.02. The van der Waals surface area contributed by atoms with E-state index in [0.29, 0.717) is 38.1 Å². The van der Waals surface area contributed by atoms with Gasteiger partial charge in [0.25, 0.3) is 0 Å². The summed E-state index contributed by atoms with van der Waals surface area (Å²) in [6.07, 6.45) is 0. The third-order valence-electron chi connectivity index (χ3n) is 4.63. The van der Waals surface area contributed by atoms with Crippen LogP contribution >= 0.6 is 0 Å². The summed E-state index contributed by atoms with van der Waals surface area (Å²) in [7, 11) is 1.42. The maximum absolute atomic E-state index is 12.0. The second kappa shape index (κ2) is 4.84. The van der Waals surface area contributed by atoms with E-state index in [0.717, 1.165) is 11.3 Å². The van der Waals surface area contributed by atoms with Crippen LogP contribution in [0.2, 0.25) is 0 Å². The monoisotopic (exact) mass is 292 g/mol. The van der Waals surface area contributed by atoms with E-state index in [1.54, 1.807) is 0 Å². The van der Waals surface area contributed by atoms with Crippen LogP contribution in [-0.4, -0.2) is 36.1 Å². The van der Waals surface area contributed by atoms with Crippen LogP contribution in [0.15, 0.2) is 0 Å². The van der Waals surface area contributed by atoms with Crippen molar-refractivity contribution in [3.8, 4) is 0 Å². The molecule has 1 fully saturated rings. The van der Waals surface area contributed by atoms with Gasteiger partial charge in [-0.25, -0.2) is 4.98 Å². The highest BCUT2D eigenvalue weighted by Crippen LogP contribution is 2.38. The van der Waals surface area contributed by atoms with Crippen LogP contribution in [0.5, 0.6) is 0 Å². The maximum atomic E-state index is 12.0. The second-order valence-corrected chi connectivity index (χ2v) is 6.02. The van der Waals surface area contributed by atoms with Gasteiger partial charge in [-0.15, -0.1) is 0 Å². The molecule has 0 aromatic carbocycles. The van der Waals surface area contributed by atoms with Gasteiger partial charge < -0.3 is 20.1 Å². The molecule has 7 heteroatoms. The van der Waals surface area contributed by atoms with E-state index in [1.807, 2.05) is 18.7 Å². The molecule has 7 nitrogen and oxygen atoms in total. The van der Waals surface area contributed by atoms with Gasteiger partial charge in [0, 0.05) is 18.7 Å². The predicted molar refractivity (Wildman–Crippen MR) is 76.4 cm³/mol. The summed E-state index contributed by atoms with van der Waals surface area (Å²) in [5.41, 5.74) is 7.15. The first-order valence-electron chi connectivity index (χ1n) is 7.02. The van der Waals surface area contributed by atoms with E-state index in [2.05, 4.69) is 9.97 Å². The lowest BCUT2D eigenvalue weighted by atomic mass is 9.81. The zero-order valence-corrected chi connectivity index (χ0v) is 12.5. The Morgan fingerprint density at radius 3 is 2.95 bits per heavy atom. The van der Waals surface area contributed by atoms with E-state index in [9.17, 15) is 4.79 Å². The van der Waals surface area contributed by atoms with Crippen LogP contribution in [0.1, 0.15) is 25.1 Å². The molecule has 0 amide bonds. The van der Waals surface area contributed by atoms with E-state index >= 15 is 0 Å². The molecule has 0 bridgehead atoms. The maximum Gasteiger partial charge on any atom is 0.313 e. The fourth-order valence-electron chi connectivity index (χ4n) is 3.00. The van der Waals surface area contributed by atoms with Gasteiger partial charge in [-0.1, -0.05) is 6.92 Å². The van der Waals surface area contributed by atoms with Gasteiger partial charge in [0.05, 0.1) is 31.4 Å². The second-order valence-electron chi connectivity index (χ2n) is 6.02. The zero-order chi connectivity index (χ0) is 15.2. The van der Waals surface area contributed by atoms with Gasteiger partial charge in [0.15, 0.2) is 0 Å². The minimum atomic E-state index is -0.553. The van der Waals surface area contributed by atoms with Crippen molar-refractivity contribution < 1.29 is 14.3 Å². The normalized spacial score (nSPS) is 27.8. The third-order valence-corrected chi connectivity index (χ3v) is 4.63. The van der Waals surface area contributed by atoms with Crippen LogP contribution in [-0.2, 0) is 27.5 Å². The standard InChI is InChI=1S/C14H20N4O3/c1-8-4-18(7-14(8,2)12(19)20-3)13-16-10-6-21-5-9(10)11(15)17-13/h8H,4-7H2,1-3H3,(H2,15,16,17)/t8-,14-/m0/s1. The van der Waals surface area contributed by atoms with Crippen molar-refractivity contribution in [3.05, 3.63) is 11.3 Å². The summed E-state index contributed by atoms with van der Waals surface area (Å²) >= 11 is 0. The van der Waals surface area contributed by atoms with Crippen LogP contribution in [0.25, 0.3) is 0 Å². The van der Waals surface area contributed by atoms with Crippen molar-refractivity contribution in [2.45, 2.75) is 27.1 Å². The van der Waals surface area contributed by atoms with Crippen molar-refractivity contribution in [2.24, 2.45) is 11.3 Å². The van der Waals surface area contributed by atoms with Crippen molar-refractivity contribution in [2.75, 3.05) is 30.8 Å². The Kier molecular flexibility index (Phi) is 3.24. The van der Waals surface area contributed by atoms with Gasteiger partial charge in [-0.05, 0) is 12.8 Å². The minimum Gasteiger partial charge on any atom is -0.469 e. The number of nitrogen functional groups attached to an aromatic ring is 1. The first kappa shape index (κ1) is 14.1. The Morgan fingerprint density at radius 2 is 2.24 bits per heavy atom. The predicted octanol–water partition coefficient (Wildman–Crippen LogP) is 0.724. The first-order chi connectivity index (χ1) is 9.95. The molecule has 3 rings (SSSR count). The molecule has 1 aromatic heterocycles. The molecule has 2 aliphatic rings. The Hall–Kier alpha value is -1.89. The lowest BCUT2D eigenvalue weighted by Gasteiger charge is -2.24. The summed E-state index contributed by atoms with van der Waals surface area (Å²) in [5.74, 6) is 0.984. The zero-order valence-electron chi connectivity index (χ0n) is 12.5. The molecule has 0 unspecified atom stereocenters. The molecule has 114 valence electrons. The number of rotatable bonds is 2. The Balaban J connectivity index is 1.90. The summed E-state index contributed by atoms with van der Waals surface area (Å²) < 4.78 is 10.3. The topological polar surface area (TPSA) is 90.6 Å². The number of esters is 1. The molecule has 2 aliphatic heterocycles. The molecule has 2 N–H and O–H groups in total. The highest BCUT2D eigenvalue weighted by Gasteiger charge is 2.48. The molecule has 3 heterocycles. The quantitative estimate of drug-likeness (QED) is 0.803. The number of hydrogen-bond donors (Lipinski definition) is 1. The third kappa shape index (κ3) is 2.12. The SMILES string of the molecule is COC(=O)[C@@]1(C)CN(c2nc(N)c3c(n2)COC3)C[C@@H]1C. The molecular formula is C14H20N4O3. The molecule has 1 saturated heterocycles. The van der Waals surface area contributed by atoms with Gasteiger partial charge in [-0.3, -0.25) is 4.79 Å². The number of methoxy groups -OCH3 is 1. The summed E-state index contributed by atoms with van der Waals surface area (Å²) in [5, 5.41) is 0. The molecule has 0 saturated carbocycles. The summed E-state index contributed by atoms with van der Waals surface area (Å²) in [6, 6.07) is 0. The average Bonchev–Trinajstić information content (AvgIpc) is 3.04. The van der Waals surface area contributed by atoms with E-state index in [4.69, 9.17) is 15.2 Å². The fourth-order valence-corrected chi connectivity index (χ4v) is 3.00. The van der Waals surface area contributed by atoms with Crippen molar-refractivity contribution in [1.29, 1.82) is 0 Å². The van der Waals surface area contributed by atoms with E-state index in [-0.39, 0.29) is 11.9 Å². The highest BCUT2D eigenvalue weighted by molar-refractivity contribution is 5.78. The van der Waals surface area contributed by atoms with Gasteiger partial charge in [0.2, 0.25) is 5.95 Å². The van der Waals surface area contributed by atoms with Gasteiger partial charge in [-0.2, -0.15) is 4.98 Å². The lowest BCUT2D eigenvalue weighted by molar-refractivity contribution is -0.152. The number of aromatic nitrogens is 2. The Morgan fingerprint density at radius 1 is 1.48 bits per heavy atom. The molecule has 0 aliphatic carbocycles. The van der Waals surface area contributed by atoms with Crippen LogP contribution in [0, 0.1) is 11.3 Å². The number of carbonyl (C=O) groups is 1. The molecular weight excluding hydrogens is 272 g/mol. The van der Waals surface area contributed by atoms with Crippen molar-refractivity contribution >= 4 is 17.7 Å². The number of carbonyl (C=O) groups excluding carboxylic acids is 1. The fraction of sp³-hybridized carbons (Fsp3) is 0.643. The molecule has 1 aromatic rings. The number of ether oxygens (including phenoxy) is 2. The molecule has 0 radical (unpaired) electrons. The van der Waals surface area contributed by atoms with Crippen LogP contribution < -0.4 is 10.6 Å². The largest absolute Gasteiger partial charge is 0.469 e. The van der Waals surface area contributed by atoms with Crippen LogP contribution in [0.4, 0.5) is 11.8 Å². The summed E-state index contributed by atoms with van der Waals surface area (Å²) in [4.78, 5) is 23.0. The number of anilines is 2. The summed E-state index contributed by atoms with van der Waals surface area (Å²) in [6.45, 7) is 6.12.